The van der Waals surface area contributed by atoms with Gasteiger partial charge < -0.3 is 14.2 Å². The first-order chi connectivity index (χ1) is 34.6. The van der Waals surface area contributed by atoms with Crippen LogP contribution in [0.1, 0.15) is 329 Å². The van der Waals surface area contributed by atoms with Gasteiger partial charge in [0.15, 0.2) is 6.10 Å². The summed E-state index contributed by atoms with van der Waals surface area (Å²) in [6.07, 6.45) is 77.1. The van der Waals surface area contributed by atoms with Gasteiger partial charge in [0.1, 0.15) is 6.61 Å². The highest BCUT2D eigenvalue weighted by Gasteiger charge is 2.17. The van der Waals surface area contributed by atoms with Gasteiger partial charge in [-0.1, -0.05) is 262 Å². The molecule has 5 heteroatoms. The van der Waals surface area contributed by atoms with Crippen molar-refractivity contribution in [3.63, 3.8) is 0 Å². The fraction of sp³-hybridized carbons (Fsp3) is 0.846. The molecule has 5 nitrogen and oxygen atoms in total. The first-order valence-corrected chi connectivity index (χ1v) is 31.2. The second-order valence-corrected chi connectivity index (χ2v) is 21.0. The number of rotatable bonds is 58. The maximum Gasteiger partial charge on any atom is 0.306 e. The van der Waals surface area contributed by atoms with Gasteiger partial charge in [-0.05, 0) is 103 Å². The quantitative estimate of drug-likeness (QED) is 0.0345. The summed E-state index contributed by atoms with van der Waals surface area (Å²) >= 11 is 0. The van der Waals surface area contributed by atoms with Crippen LogP contribution < -0.4 is 0 Å². The molecule has 0 heterocycles. The van der Waals surface area contributed by atoms with Gasteiger partial charge >= 0.3 is 11.9 Å². The fourth-order valence-corrected chi connectivity index (χ4v) is 9.12. The Balaban J connectivity index is 4.26. The Labute approximate surface area is 437 Å². The molecule has 0 fully saturated rings. The van der Waals surface area contributed by atoms with Crippen LogP contribution in [0.5, 0.6) is 0 Å². The van der Waals surface area contributed by atoms with Crippen molar-refractivity contribution in [3.05, 3.63) is 48.6 Å². The van der Waals surface area contributed by atoms with Crippen LogP contribution in [-0.2, 0) is 23.8 Å². The predicted octanol–water partition coefficient (Wildman–Crippen LogP) is 21.5. The van der Waals surface area contributed by atoms with Gasteiger partial charge in [-0.3, -0.25) is 9.59 Å². The molecular weight excluding hydrogens is 861 g/mol. The van der Waals surface area contributed by atoms with Crippen LogP contribution in [0.15, 0.2) is 48.6 Å². The first kappa shape index (κ1) is 67.9. The van der Waals surface area contributed by atoms with E-state index in [1.165, 1.54) is 238 Å². The van der Waals surface area contributed by atoms with Crippen molar-refractivity contribution in [1.29, 1.82) is 0 Å². The number of ether oxygens (including phenoxy) is 3. The number of esters is 2. The highest BCUT2D eigenvalue weighted by atomic mass is 16.6. The molecule has 0 aliphatic carbocycles. The molecule has 410 valence electrons. The molecule has 0 aromatic heterocycles. The molecule has 0 radical (unpaired) electrons. The molecule has 0 aliphatic rings. The van der Waals surface area contributed by atoms with Crippen LogP contribution in [-0.4, -0.2) is 37.9 Å². The van der Waals surface area contributed by atoms with E-state index in [1.807, 2.05) is 0 Å². The summed E-state index contributed by atoms with van der Waals surface area (Å²) in [6, 6.07) is 0. The van der Waals surface area contributed by atoms with Crippen molar-refractivity contribution in [2.24, 2.45) is 0 Å². The number of unbranched alkanes of at least 4 members (excludes halogenated alkanes) is 39. The lowest BCUT2D eigenvalue weighted by molar-refractivity contribution is -0.163. The molecule has 0 rings (SSSR count). The van der Waals surface area contributed by atoms with E-state index in [9.17, 15) is 9.59 Å². The lowest BCUT2D eigenvalue weighted by atomic mass is 10.1. The summed E-state index contributed by atoms with van der Waals surface area (Å²) in [4.78, 5) is 25.6. The SMILES string of the molecule is CCCCC/C=C\C/C=C\CCCCCCCCCC(=O)OCC(COCCCCCCCCCCCC/C=C\CCCCCCCC)OC(=O)CCCCCCCCC/C=C\CCCCCCCC. The third-order valence-electron chi connectivity index (χ3n) is 13.8. The molecule has 0 spiro atoms. The molecule has 0 saturated heterocycles. The Bertz CT molecular complexity index is 1150. The summed E-state index contributed by atoms with van der Waals surface area (Å²) < 4.78 is 17.5. The van der Waals surface area contributed by atoms with Gasteiger partial charge in [0.25, 0.3) is 0 Å². The van der Waals surface area contributed by atoms with Crippen LogP contribution >= 0.6 is 0 Å². The number of carbonyl (C=O) groups is 2. The van der Waals surface area contributed by atoms with Crippen molar-refractivity contribution < 1.29 is 23.8 Å². The fourth-order valence-electron chi connectivity index (χ4n) is 9.12. The second kappa shape index (κ2) is 61.2. The number of hydrogen-bond acceptors (Lipinski definition) is 5. The zero-order valence-corrected chi connectivity index (χ0v) is 47.3. The third kappa shape index (κ3) is 58.4. The van der Waals surface area contributed by atoms with E-state index in [2.05, 4.69) is 69.4 Å². The maximum absolute atomic E-state index is 12.9. The van der Waals surface area contributed by atoms with E-state index in [0.717, 1.165) is 57.8 Å². The third-order valence-corrected chi connectivity index (χ3v) is 13.8. The number of carbonyl (C=O) groups excluding carboxylic acids is 2. The summed E-state index contributed by atoms with van der Waals surface area (Å²) in [5, 5.41) is 0. The molecular formula is C65H120O5. The summed E-state index contributed by atoms with van der Waals surface area (Å²) in [5.74, 6) is -0.395. The topological polar surface area (TPSA) is 61.8 Å². The summed E-state index contributed by atoms with van der Waals surface area (Å²) in [5.41, 5.74) is 0. The summed E-state index contributed by atoms with van der Waals surface area (Å²) in [7, 11) is 0. The first-order valence-electron chi connectivity index (χ1n) is 31.2. The van der Waals surface area contributed by atoms with Gasteiger partial charge in [-0.2, -0.15) is 0 Å². The number of allylic oxidation sites excluding steroid dienone is 8. The highest BCUT2D eigenvalue weighted by Crippen LogP contribution is 2.16. The van der Waals surface area contributed by atoms with Crippen LogP contribution in [0, 0.1) is 0 Å². The van der Waals surface area contributed by atoms with Gasteiger partial charge in [0.05, 0.1) is 6.61 Å². The summed E-state index contributed by atoms with van der Waals surface area (Å²) in [6.45, 7) is 7.84. The average molecular weight is 982 g/mol. The molecule has 0 bridgehead atoms. The molecule has 0 aliphatic heterocycles. The van der Waals surface area contributed by atoms with Gasteiger partial charge in [0, 0.05) is 19.4 Å². The predicted molar refractivity (Wildman–Crippen MR) is 307 cm³/mol. The van der Waals surface area contributed by atoms with E-state index < -0.39 is 6.10 Å². The van der Waals surface area contributed by atoms with Crippen molar-refractivity contribution in [2.45, 2.75) is 335 Å². The molecule has 70 heavy (non-hydrogen) atoms. The maximum atomic E-state index is 12.9. The smallest absolute Gasteiger partial charge is 0.306 e. The zero-order chi connectivity index (χ0) is 50.6. The normalized spacial score (nSPS) is 12.4. The molecule has 0 aromatic carbocycles. The molecule has 0 saturated carbocycles. The Kier molecular flexibility index (Phi) is 59.3. The standard InChI is InChI=1S/C65H120O5/c1-4-7-10-13-16-19-22-25-28-31-32-33-36-39-42-45-48-51-54-57-60-68-61-63(70-65(67)59-56-53-50-47-44-41-38-35-30-27-24-21-18-15-12-9-6-3)62-69-64(66)58-55-52-49-46-43-40-37-34-29-26-23-20-17-14-11-8-5-2/h17,20,25-30,63H,4-16,18-19,21-24,31-62H2,1-3H3/b20-17-,28-25-,29-26-,30-27-. The molecule has 0 N–H and O–H groups in total. The van der Waals surface area contributed by atoms with E-state index in [0.29, 0.717) is 19.4 Å². The van der Waals surface area contributed by atoms with E-state index in [-0.39, 0.29) is 25.2 Å². The minimum Gasteiger partial charge on any atom is -0.462 e. The van der Waals surface area contributed by atoms with Gasteiger partial charge in [0.2, 0.25) is 0 Å². The van der Waals surface area contributed by atoms with Crippen LogP contribution in [0.4, 0.5) is 0 Å². The van der Waals surface area contributed by atoms with Gasteiger partial charge in [-0.15, -0.1) is 0 Å². The van der Waals surface area contributed by atoms with Crippen LogP contribution in [0.3, 0.4) is 0 Å². The molecule has 1 unspecified atom stereocenters. The Morgan fingerprint density at radius 3 is 0.986 bits per heavy atom. The van der Waals surface area contributed by atoms with Crippen molar-refractivity contribution in [2.75, 3.05) is 19.8 Å². The molecule has 0 aromatic rings. The van der Waals surface area contributed by atoms with E-state index in [4.69, 9.17) is 14.2 Å². The molecule has 1 atom stereocenters. The lowest BCUT2D eigenvalue weighted by Crippen LogP contribution is -2.30. The van der Waals surface area contributed by atoms with Gasteiger partial charge in [-0.25, -0.2) is 0 Å². The largest absolute Gasteiger partial charge is 0.462 e. The average Bonchev–Trinajstić information content (AvgIpc) is 3.36. The van der Waals surface area contributed by atoms with E-state index in [1.54, 1.807) is 0 Å². The zero-order valence-electron chi connectivity index (χ0n) is 47.3. The minimum absolute atomic E-state index is 0.0818. The minimum atomic E-state index is -0.542. The highest BCUT2D eigenvalue weighted by molar-refractivity contribution is 5.70. The number of hydrogen-bond donors (Lipinski definition) is 0. The van der Waals surface area contributed by atoms with E-state index >= 15 is 0 Å². The van der Waals surface area contributed by atoms with Crippen LogP contribution in [0.2, 0.25) is 0 Å². The second-order valence-electron chi connectivity index (χ2n) is 21.0. The monoisotopic (exact) mass is 981 g/mol. The van der Waals surface area contributed by atoms with Crippen LogP contribution in [0.25, 0.3) is 0 Å². The Hall–Kier alpha value is -2.14. The Morgan fingerprint density at radius 1 is 0.314 bits per heavy atom. The van der Waals surface area contributed by atoms with Crippen molar-refractivity contribution >= 4 is 11.9 Å². The van der Waals surface area contributed by atoms with Crippen molar-refractivity contribution in [3.8, 4) is 0 Å². The Morgan fingerprint density at radius 2 is 0.600 bits per heavy atom. The lowest BCUT2D eigenvalue weighted by Gasteiger charge is -2.18. The molecule has 0 amide bonds. The van der Waals surface area contributed by atoms with Crippen molar-refractivity contribution in [1.82, 2.24) is 0 Å².